The SMILES string of the molecule is Cc1nc(-c2ccc(CCNC(=O)C3(C)CC3(Cl)Cl)cc2)cs1. The minimum atomic E-state index is -0.912. The number of halogens is 2. The maximum absolute atomic E-state index is 12.1. The molecule has 1 amide bonds. The Hall–Kier alpha value is -1.10. The van der Waals surface area contributed by atoms with Crippen LogP contribution in [0.5, 0.6) is 0 Å². The fraction of sp³-hybridized carbons (Fsp3) is 0.412. The van der Waals surface area contributed by atoms with E-state index in [0.717, 1.165) is 22.7 Å². The molecule has 1 aliphatic carbocycles. The van der Waals surface area contributed by atoms with E-state index in [1.54, 1.807) is 18.3 Å². The number of alkyl halides is 2. The number of rotatable bonds is 5. The summed E-state index contributed by atoms with van der Waals surface area (Å²) in [5.41, 5.74) is 2.64. The largest absolute Gasteiger partial charge is 0.355 e. The van der Waals surface area contributed by atoms with Gasteiger partial charge in [0.25, 0.3) is 0 Å². The molecule has 0 aliphatic heterocycles. The van der Waals surface area contributed by atoms with Gasteiger partial charge >= 0.3 is 0 Å². The van der Waals surface area contributed by atoms with Gasteiger partial charge in [0.1, 0.15) is 4.33 Å². The van der Waals surface area contributed by atoms with Crippen LogP contribution in [0.2, 0.25) is 0 Å². The number of thiazole rings is 1. The van der Waals surface area contributed by atoms with Gasteiger partial charge in [-0.1, -0.05) is 24.3 Å². The van der Waals surface area contributed by atoms with Gasteiger partial charge in [0, 0.05) is 17.5 Å². The number of nitrogens with zero attached hydrogens (tertiary/aromatic N) is 1. The molecule has 1 saturated carbocycles. The van der Waals surface area contributed by atoms with E-state index in [2.05, 4.69) is 39.9 Å². The van der Waals surface area contributed by atoms with Crippen molar-refractivity contribution in [2.24, 2.45) is 5.41 Å². The number of nitrogens with one attached hydrogen (secondary N) is 1. The molecule has 6 heteroatoms. The Balaban J connectivity index is 1.52. The van der Waals surface area contributed by atoms with Crippen LogP contribution in [0.1, 0.15) is 23.9 Å². The molecule has 0 bridgehead atoms. The number of carbonyl (C=O) groups is 1. The molecule has 2 aromatic rings. The smallest absolute Gasteiger partial charge is 0.229 e. The number of benzene rings is 1. The van der Waals surface area contributed by atoms with E-state index in [0.29, 0.717) is 13.0 Å². The van der Waals surface area contributed by atoms with Crippen molar-refractivity contribution in [3.05, 3.63) is 40.2 Å². The highest BCUT2D eigenvalue weighted by Gasteiger charge is 2.67. The third-order valence-electron chi connectivity index (χ3n) is 4.33. The van der Waals surface area contributed by atoms with E-state index in [4.69, 9.17) is 23.2 Å². The molecule has 1 aromatic carbocycles. The molecular formula is C17H18Cl2N2OS. The van der Waals surface area contributed by atoms with Gasteiger partial charge in [0.15, 0.2) is 0 Å². The molecule has 3 rings (SSSR count). The maximum Gasteiger partial charge on any atom is 0.229 e. The normalized spacial score (nSPS) is 21.9. The number of hydrogen-bond acceptors (Lipinski definition) is 3. The van der Waals surface area contributed by atoms with Crippen LogP contribution in [0.3, 0.4) is 0 Å². The Morgan fingerprint density at radius 2 is 2.00 bits per heavy atom. The van der Waals surface area contributed by atoms with Crippen LogP contribution in [0.15, 0.2) is 29.6 Å². The first kappa shape index (κ1) is 16.7. The van der Waals surface area contributed by atoms with Gasteiger partial charge in [-0.2, -0.15) is 0 Å². The summed E-state index contributed by atoms with van der Waals surface area (Å²) < 4.78 is -0.912. The van der Waals surface area contributed by atoms with Gasteiger partial charge in [0.05, 0.1) is 16.1 Å². The van der Waals surface area contributed by atoms with Gasteiger partial charge < -0.3 is 5.32 Å². The molecule has 1 aliphatic rings. The molecule has 1 N–H and O–H groups in total. The first-order valence-electron chi connectivity index (χ1n) is 7.49. The van der Waals surface area contributed by atoms with Crippen LogP contribution in [0.25, 0.3) is 11.3 Å². The zero-order chi connectivity index (χ0) is 16.7. The first-order valence-corrected chi connectivity index (χ1v) is 9.13. The third kappa shape index (κ3) is 3.39. The van der Waals surface area contributed by atoms with Crippen LogP contribution < -0.4 is 5.32 Å². The monoisotopic (exact) mass is 368 g/mol. The lowest BCUT2D eigenvalue weighted by Crippen LogP contribution is -2.34. The molecule has 1 unspecified atom stereocenters. The predicted octanol–water partition coefficient (Wildman–Crippen LogP) is 4.36. The Kier molecular flexibility index (Phi) is 4.43. The Bertz CT molecular complexity index is 726. The molecule has 1 atom stereocenters. The Morgan fingerprint density at radius 3 is 2.52 bits per heavy atom. The standard InChI is InChI=1S/C17H18Cl2N2OS/c1-11-21-14(9-23-11)13-5-3-12(4-6-13)7-8-20-15(22)16(2)10-17(16,18)19/h3-6,9H,7-8,10H2,1-2H3,(H,20,22). The minimum absolute atomic E-state index is 0.0722. The van der Waals surface area contributed by atoms with E-state index >= 15 is 0 Å². The van der Waals surface area contributed by atoms with Crippen molar-refractivity contribution in [1.29, 1.82) is 0 Å². The van der Waals surface area contributed by atoms with Crippen molar-refractivity contribution < 1.29 is 4.79 Å². The summed E-state index contributed by atoms with van der Waals surface area (Å²) in [6.07, 6.45) is 1.28. The summed E-state index contributed by atoms with van der Waals surface area (Å²) in [6.45, 7) is 4.38. The topological polar surface area (TPSA) is 42.0 Å². The van der Waals surface area contributed by atoms with Crippen molar-refractivity contribution in [1.82, 2.24) is 10.3 Å². The van der Waals surface area contributed by atoms with Crippen LogP contribution in [-0.2, 0) is 11.2 Å². The molecule has 3 nitrogen and oxygen atoms in total. The summed E-state index contributed by atoms with van der Waals surface area (Å²) in [7, 11) is 0. The van der Waals surface area contributed by atoms with Crippen LogP contribution in [0.4, 0.5) is 0 Å². The molecule has 0 radical (unpaired) electrons. The lowest BCUT2D eigenvalue weighted by Gasteiger charge is -2.12. The molecule has 1 heterocycles. The van der Waals surface area contributed by atoms with Crippen molar-refractivity contribution in [3.63, 3.8) is 0 Å². The molecule has 1 aromatic heterocycles. The highest BCUT2D eigenvalue weighted by molar-refractivity contribution is 7.09. The van der Waals surface area contributed by atoms with Crippen molar-refractivity contribution in [2.75, 3.05) is 6.54 Å². The third-order valence-corrected chi connectivity index (χ3v) is 6.20. The molecule has 23 heavy (non-hydrogen) atoms. The van der Waals surface area contributed by atoms with E-state index in [1.165, 1.54) is 5.56 Å². The molecule has 122 valence electrons. The van der Waals surface area contributed by atoms with Crippen molar-refractivity contribution >= 4 is 40.4 Å². The summed E-state index contributed by atoms with van der Waals surface area (Å²) in [5.74, 6) is -0.0722. The second-order valence-corrected chi connectivity index (χ2v) is 8.71. The minimum Gasteiger partial charge on any atom is -0.355 e. The van der Waals surface area contributed by atoms with Crippen molar-refractivity contribution in [2.45, 2.75) is 31.0 Å². The summed E-state index contributed by atoms with van der Waals surface area (Å²) >= 11 is 13.7. The van der Waals surface area contributed by atoms with Gasteiger partial charge in [-0.25, -0.2) is 4.98 Å². The second kappa shape index (κ2) is 6.08. The maximum atomic E-state index is 12.1. The zero-order valence-corrected chi connectivity index (χ0v) is 15.4. The van der Waals surface area contributed by atoms with E-state index in [1.807, 2.05) is 6.92 Å². The van der Waals surface area contributed by atoms with E-state index < -0.39 is 9.75 Å². The molecule has 0 saturated heterocycles. The van der Waals surface area contributed by atoms with Crippen molar-refractivity contribution in [3.8, 4) is 11.3 Å². The predicted molar refractivity (Wildman–Crippen MR) is 96.2 cm³/mol. The highest BCUT2D eigenvalue weighted by atomic mass is 35.5. The molecule has 0 spiro atoms. The number of amides is 1. The quantitative estimate of drug-likeness (QED) is 0.796. The van der Waals surface area contributed by atoms with Crippen LogP contribution >= 0.6 is 34.5 Å². The zero-order valence-electron chi connectivity index (χ0n) is 13.0. The average molecular weight is 369 g/mol. The van der Waals surface area contributed by atoms with Gasteiger partial charge in [0.2, 0.25) is 5.91 Å². The van der Waals surface area contributed by atoms with Gasteiger partial charge in [-0.15, -0.1) is 34.5 Å². The summed E-state index contributed by atoms with van der Waals surface area (Å²) in [6, 6.07) is 8.28. The second-order valence-electron chi connectivity index (χ2n) is 6.17. The van der Waals surface area contributed by atoms with E-state index in [9.17, 15) is 4.79 Å². The Labute approximate surface area is 150 Å². The van der Waals surface area contributed by atoms with Crippen LogP contribution in [-0.4, -0.2) is 21.8 Å². The fourth-order valence-corrected chi connectivity index (χ4v) is 3.83. The number of aryl methyl sites for hydroxylation is 1. The summed E-state index contributed by atoms with van der Waals surface area (Å²) in [5, 5.41) is 6.05. The molecule has 1 fully saturated rings. The van der Waals surface area contributed by atoms with E-state index in [-0.39, 0.29) is 5.91 Å². The number of hydrogen-bond donors (Lipinski definition) is 1. The highest BCUT2D eigenvalue weighted by Crippen LogP contribution is 2.63. The van der Waals surface area contributed by atoms with Gasteiger partial charge in [-0.3, -0.25) is 4.79 Å². The first-order chi connectivity index (χ1) is 10.8. The average Bonchev–Trinajstić information content (AvgIpc) is 2.84. The van der Waals surface area contributed by atoms with Gasteiger partial charge in [-0.05, 0) is 32.3 Å². The fourth-order valence-electron chi connectivity index (χ4n) is 2.50. The summed E-state index contributed by atoms with van der Waals surface area (Å²) in [4.78, 5) is 16.6. The lowest BCUT2D eigenvalue weighted by atomic mass is 10.1. The number of aromatic nitrogens is 1. The molecular weight excluding hydrogens is 351 g/mol. The van der Waals surface area contributed by atoms with Crippen LogP contribution in [0, 0.1) is 12.3 Å². The number of carbonyl (C=O) groups excluding carboxylic acids is 1. The Morgan fingerprint density at radius 1 is 1.35 bits per heavy atom. The lowest BCUT2D eigenvalue weighted by molar-refractivity contribution is -0.125.